The first-order valence-electron chi connectivity index (χ1n) is 9.15. The minimum absolute atomic E-state index is 0.0951. The minimum Gasteiger partial charge on any atom is -0.447 e. The van der Waals surface area contributed by atoms with Crippen LogP contribution in [0.25, 0.3) is 0 Å². The first-order valence-corrected chi connectivity index (χ1v) is 9.15. The summed E-state index contributed by atoms with van der Waals surface area (Å²) in [7, 11) is 0. The average Bonchev–Trinajstić information content (AvgIpc) is 2.68. The van der Waals surface area contributed by atoms with Crippen molar-refractivity contribution in [2.45, 2.75) is 32.2 Å². The normalized spacial score (nSPS) is 12.1. The Morgan fingerprint density at radius 2 is 1.66 bits per heavy atom. The molecule has 7 nitrogen and oxygen atoms in total. The zero-order chi connectivity index (χ0) is 23.9. The molecule has 0 bridgehead atoms. The van der Waals surface area contributed by atoms with Crippen LogP contribution in [0.5, 0.6) is 5.75 Å². The van der Waals surface area contributed by atoms with Crippen LogP contribution in [0.2, 0.25) is 0 Å². The van der Waals surface area contributed by atoms with Gasteiger partial charge in [0, 0.05) is 23.4 Å². The van der Waals surface area contributed by atoms with Crippen LogP contribution in [0.4, 0.5) is 38.1 Å². The van der Waals surface area contributed by atoms with Crippen LogP contribution in [0.1, 0.15) is 19.4 Å². The number of nitrogens with two attached hydrogens (primary N) is 1. The number of nitrogens with zero attached hydrogens (tertiary/aromatic N) is 1. The molecule has 1 amide bonds. The van der Waals surface area contributed by atoms with E-state index in [0.717, 1.165) is 12.1 Å². The van der Waals surface area contributed by atoms with Crippen LogP contribution in [-0.4, -0.2) is 36.7 Å². The predicted octanol–water partition coefficient (Wildman–Crippen LogP) is 4.43. The second-order valence-electron chi connectivity index (χ2n) is 6.64. The summed E-state index contributed by atoms with van der Waals surface area (Å²) in [4.78, 5) is 15.5. The lowest BCUT2D eigenvalue weighted by atomic mass is 10.2. The third-order valence-electron chi connectivity index (χ3n) is 3.67. The van der Waals surface area contributed by atoms with Crippen LogP contribution in [0.3, 0.4) is 0 Å². The minimum atomic E-state index is -5.82. The number of amides is 1. The van der Waals surface area contributed by atoms with E-state index in [9.17, 15) is 26.7 Å². The molecule has 0 aliphatic carbocycles. The fourth-order valence-corrected chi connectivity index (χ4v) is 2.20. The van der Waals surface area contributed by atoms with Crippen LogP contribution in [-0.2, 0) is 4.74 Å². The molecule has 0 radical (unpaired) electrons. The van der Waals surface area contributed by atoms with Crippen molar-refractivity contribution in [3.63, 3.8) is 0 Å². The Bertz CT molecular complexity index is 959. The number of halogens is 5. The largest absolute Gasteiger partial charge is 0.499 e. The van der Waals surface area contributed by atoms with Gasteiger partial charge < -0.3 is 9.47 Å². The maximum atomic E-state index is 12.9. The highest BCUT2D eigenvalue weighted by Gasteiger charge is 2.61. The van der Waals surface area contributed by atoms with E-state index in [4.69, 9.17) is 10.1 Å². The van der Waals surface area contributed by atoms with Gasteiger partial charge in [0.2, 0.25) is 0 Å². The lowest BCUT2D eigenvalue weighted by Crippen LogP contribution is -2.76. The summed E-state index contributed by atoms with van der Waals surface area (Å²) < 4.78 is 70.9. The highest BCUT2D eigenvalue weighted by molar-refractivity contribution is 6.00. The number of nitrogens with one attached hydrogen (secondary N) is 2. The van der Waals surface area contributed by atoms with Crippen molar-refractivity contribution < 1.29 is 41.5 Å². The summed E-state index contributed by atoms with van der Waals surface area (Å²) in [5, 5.41) is 11.9. The average molecular weight is 459 g/mol. The molecular weight excluding hydrogens is 439 g/mol. The maximum Gasteiger partial charge on any atom is 0.499 e. The van der Waals surface area contributed by atoms with Crippen LogP contribution in [0.15, 0.2) is 53.5 Å². The number of hydrogen-bond donors (Lipinski definition) is 3. The van der Waals surface area contributed by atoms with Crippen molar-refractivity contribution in [2.24, 2.45) is 4.99 Å². The van der Waals surface area contributed by atoms with Crippen molar-refractivity contribution in [1.29, 1.82) is 5.41 Å². The number of carbonyl (C=O) groups excluding carboxylic acids is 1. The first-order chi connectivity index (χ1) is 14.9. The van der Waals surface area contributed by atoms with E-state index in [0.29, 0.717) is 16.9 Å². The monoisotopic (exact) mass is 459 g/mol. The quantitative estimate of drug-likeness (QED) is 0.247. The summed E-state index contributed by atoms with van der Waals surface area (Å²) >= 11 is 0. The number of alkyl halides is 5. The van der Waals surface area contributed by atoms with Crippen molar-refractivity contribution in [2.75, 3.05) is 5.32 Å². The zero-order valence-corrected chi connectivity index (χ0v) is 16.9. The van der Waals surface area contributed by atoms with Gasteiger partial charge in [0.15, 0.2) is 12.2 Å². The van der Waals surface area contributed by atoms with E-state index in [1.54, 1.807) is 38.1 Å². The molecule has 0 aliphatic rings. The Hall–Kier alpha value is -3.54. The fourth-order valence-electron chi connectivity index (χ4n) is 2.20. The van der Waals surface area contributed by atoms with Gasteiger partial charge in [-0.3, -0.25) is 16.0 Å². The van der Waals surface area contributed by atoms with Gasteiger partial charge in [-0.2, -0.15) is 26.9 Å². The van der Waals surface area contributed by atoms with Crippen LogP contribution >= 0.6 is 0 Å². The van der Waals surface area contributed by atoms with Crippen LogP contribution in [0, 0.1) is 5.41 Å². The number of benzene rings is 2. The SMILES string of the molecule is CC(C)OC(=O)Nc1ccc(C(=N)N=C[NH2+]c2ccc(OC(F)(F)C(F)(F)F)cc2)cc1. The highest BCUT2D eigenvalue weighted by Crippen LogP contribution is 2.37. The predicted molar refractivity (Wildman–Crippen MR) is 107 cm³/mol. The third kappa shape index (κ3) is 7.30. The molecule has 0 unspecified atom stereocenters. The molecule has 172 valence electrons. The Kier molecular flexibility index (Phi) is 7.87. The molecule has 2 aromatic rings. The molecule has 0 heterocycles. The van der Waals surface area contributed by atoms with Gasteiger partial charge in [0.25, 0.3) is 0 Å². The molecule has 0 aliphatic heterocycles. The number of anilines is 1. The van der Waals surface area contributed by atoms with Gasteiger partial charge in [0.1, 0.15) is 11.4 Å². The molecule has 0 fully saturated rings. The molecule has 32 heavy (non-hydrogen) atoms. The van der Waals surface area contributed by atoms with E-state index >= 15 is 0 Å². The first kappa shape index (κ1) is 24.7. The van der Waals surface area contributed by atoms with Gasteiger partial charge in [-0.15, -0.1) is 0 Å². The molecule has 2 rings (SSSR count). The lowest BCUT2D eigenvalue weighted by molar-refractivity contribution is -0.432. The standard InChI is InChI=1S/C20H19F5N4O3/c1-12(2)31-18(30)29-15-5-3-13(4-6-15)17(26)28-11-27-14-7-9-16(10-8-14)32-20(24,25)19(21,22)23/h3-12H,1-2H3,(H,29,30)(H2,26,27,28)/p+1. The van der Waals surface area contributed by atoms with E-state index in [1.165, 1.54) is 23.8 Å². The molecule has 0 saturated heterocycles. The van der Waals surface area contributed by atoms with Crippen LogP contribution < -0.4 is 15.4 Å². The topological polar surface area (TPSA) is 100 Å². The third-order valence-corrected chi connectivity index (χ3v) is 3.67. The summed E-state index contributed by atoms with van der Waals surface area (Å²) in [5.41, 5.74) is 1.36. The second kappa shape index (κ2) is 10.2. The summed E-state index contributed by atoms with van der Waals surface area (Å²) in [6, 6.07) is 10.7. The van der Waals surface area contributed by atoms with Crippen molar-refractivity contribution in [3.8, 4) is 5.75 Å². The summed E-state index contributed by atoms with van der Waals surface area (Å²) in [6.45, 7) is 3.43. The maximum absolute atomic E-state index is 12.9. The Morgan fingerprint density at radius 1 is 1.06 bits per heavy atom. The molecule has 4 N–H and O–H groups in total. The van der Waals surface area contributed by atoms with Gasteiger partial charge in [-0.05, 0) is 50.2 Å². The van der Waals surface area contributed by atoms with Gasteiger partial charge in [0.05, 0.1) is 6.10 Å². The van der Waals surface area contributed by atoms with Crippen molar-refractivity contribution in [3.05, 3.63) is 54.1 Å². The van der Waals surface area contributed by atoms with E-state index in [2.05, 4.69) is 15.0 Å². The fraction of sp³-hybridized carbons (Fsp3) is 0.250. The Labute approximate surface area is 179 Å². The van der Waals surface area contributed by atoms with Crippen molar-refractivity contribution >= 4 is 29.6 Å². The van der Waals surface area contributed by atoms with E-state index in [-0.39, 0.29) is 11.9 Å². The lowest BCUT2D eigenvalue weighted by Gasteiger charge is -2.19. The molecule has 0 spiro atoms. The second-order valence-corrected chi connectivity index (χ2v) is 6.64. The number of hydrogen-bond acceptors (Lipinski definition) is 4. The smallest absolute Gasteiger partial charge is 0.447 e. The molecule has 2 aromatic carbocycles. The van der Waals surface area contributed by atoms with E-state index < -0.39 is 24.1 Å². The summed E-state index contributed by atoms with van der Waals surface area (Å²) in [6.07, 6.45) is -10.7. The highest BCUT2D eigenvalue weighted by atomic mass is 19.4. The van der Waals surface area contributed by atoms with Gasteiger partial charge in [-0.25, -0.2) is 4.79 Å². The number of aliphatic imine (C=N–C) groups is 1. The zero-order valence-electron chi connectivity index (χ0n) is 16.9. The molecule has 0 saturated carbocycles. The molecular formula is C20H20F5N4O3+. The Balaban J connectivity index is 1.90. The van der Waals surface area contributed by atoms with Gasteiger partial charge in [-0.1, -0.05) is 0 Å². The Morgan fingerprint density at radius 3 is 2.19 bits per heavy atom. The van der Waals surface area contributed by atoms with Crippen molar-refractivity contribution in [1.82, 2.24) is 0 Å². The molecule has 12 heteroatoms. The molecule has 0 aromatic heterocycles. The summed E-state index contributed by atoms with van der Waals surface area (Å²) in [5.74, 6) is -0.748. The number of rotatable bonds is 7. The molecule has 0 atom stereocenters. The number of amidine groups is 1. The number of ether oxygens (including phenoxy) is 2. The number of carbonyl (C=O) groups is 1. The van der Waals surface area contributed by atoms with E-state index in [1.807, 2.05) is 0 Å². The number of quaternary nitrogens is 1. The van der Waals surface area contributed by atoms with Gasteiger partial charge >= 0.3 is 18.4 Å².